The maximum atomic E-state index is 5.89. The lowest BCUT2D eigenvalue weighted by Crippen LogP contribution is -2.12. The van der Waals surface area contributed by atoms with Crippen LogP contribution in [0.4, 0.5) is 0 Å². The summed E-state index contributed by atoms with van der Waals surface area (Å²) in [4.78, 5) is 4.44. The maximum absolute atomic E-state index is 5.89. The fourth-order valence-corrected chi connectivity index (χ4v) is 2.13. The average molecular weight is 223 g/mol. The Morgan fingerprint density at radius 1 is 1.47 bits per heavy atom. The number of oxazole rings is 1. The highest BCUT2D eigenvalue weighted by Gasteiger charge is 2.21. The van der Waals surface area contributed by atoms with Crippen molar-refractivity contribution in [1.82, 2.24) is 10.3 Å². The van der Waals surface area contributed by atoms with Gasteiger partial charge in [0, 0.05) is 5.02 Å². The highest BCUT2D eigenvalue weighted by molar-refractivity contribution is 6.31. The summed E-state index contributed by atoms with van der Waals surface area (Å²) < 4.78 is 5.67. The summed E-state index contributed by atoms with van der Waals surface area (Å²) in [5, 5.41) is 4.06. The van der Waals surface area contributed by atoms with Crippen molar-refractivity contribution in [3.63, 3.8) is 0 Å². The molecule has 0 aliphatic carbocycles. The summed E-state index contributed by atoms with van der Waals surface area (Å²) in [7, 11) is 0. The van der Waals surface area contributed by atoms with Crippen molar-refractivity contribution < 1.29 is 4.42 Å². The molecule has 1 atom stereocenters. The second kappa shape index (κ2) is 3.51. The molecule has 0 bridgehead atoms. The molecule has 1 aromatic carbocycles. The molecular weight excluding hydrogens is 212 g/mol. The van der Waals surface area contributed by atoms with E-state index < -0.39 is 0 Å². The number of halogens is 1. The Morgan fingerprint density at radius 2 is 2.40 bits per heavy atom. The Balaban J connectivity index is 2.05. The van der Waals surface area contributed by atoms with Crippen LogP contribution in [0, 0.1) is 0 Å². The van der Waals surface area contributed by atoms with Crippen LogP contribution in [0.5, 0.6) is 0 Å². The molecule has 1 aliphatic heterocycles. The van der Waals surface area contributed by atoms with E-state index in [1.165, 1.54) is 6.42 Å². The molecule has 0 unspecified atom stereocenters. The monoisotopic (exact) mass is 222 g/mol. The molecule has 15 heavy (non-hydrogen) atoms. The summed E-state index contributed by atoms with van der Waals surface area (Å²) in [5.74, 6) is 0.782. The van der Waals surface area contributed by atoms with Crippen LogP contribution >= 0.6 is 11.6 Å². The van der Waals surface area contributed by atoms with Gasteiger partial charge in [0.15, 0.2) is 5.58 Å². The van der Waals surface area contributed by atoms with Crippen molar-refractivity contribution in [1.29, 1.82) is 0 Å². The zero-order valence-electron chi connectivity index (χ0n) is 8.16. The normalized spacial score (nSPS) is 21.3. The van der Waals surface area contributed by atoms with E-state index in [-0.39, 0.29) is 6.04 Å². The molecule has 0 radical (unpaired) electrons. The minimum absolute atomic E-state index is 0.274. The molecule has 2 aromatic rings. The largest absolute Gasteiger partial charge is 0.439 e. The predicted molar refractivity (Wildman–Crippen MR) is 59.0 cm³/mol. The fourth-order valence-electron chi connectivity index (χ4n) is 1.96. The number of fused-ring (bicyclic) bond motifs is 1. The highest BCUT2D eigenvalue weighted by atomic mass is 35.5. The number of aromatic nitrogens is 1. The Kier molecular flexibility index (Phi) is 2.15. The van der Waals surface area contributed by atoms with Crippen LogP contribution < -0.4 is 5.32 Å². The molecule has 4 heteroatoms. The zero-order chi connectivity index (χ0) is 10.3. The first kappa shape index (κ1) is 9.19. The van der Waals surface area contributed by atoms with E-state index in [1.807, 2.05) is 18.2 Å². The molecule has 3 rings (SSSR count). The summed E-state index contributed by atoms with van der Waals surface area (Å²) in [6.45, 7) is 1.05. The topological polar surface area (TPSA) is 38.1 Å². The molecule has 1 fully saturated rings. The second-order valence-electron chi connectivity index (χ2n) is 3.81. The quantitative estimate of drug-likeness (QED) is 0.806. The van der Waals surface area contributed by atoms with E-state index in [0.29, 0.717) is 5.02 Å². The third kappa shape index (κ3) is 1.62. The van der Waals surface area contributed by atoms with Crippen LogP contribution in [0.3, 0.4) is 0 Å². The Morgan fingerprint density at radius 3 is 3.20 bits per heavy atom. The van der Waals surface area contributed by atoms with Gasteiger partial charge in [-0.25, -0.2) is 4.98 Å². The van der Waals surface area contributed by atoms with Crippen LogP contribution in [-0.2, 0) is 0 Å². The number of nitrogens with zero attached hydrogens (tertiary/aromatic N) is 1. The van der Waals surface area contributed by atoms with E-state index in [0.717, 1.165) is 30.0 Å². The Labute approximate surface area is 92.4 Å². The first-order chi connectivity index (χ1) is 7.33. The van der Waals surface area contributed by atoms with Crippen LogP contribution in [0.2, 0.25) is 5.02 Å². The van der Waals surface area contributed by atoms with Gasteiger partial charge in [-0.3, -0.25) is 0 Å². The predicted octanol–water partition coefficient (Wildman–Crippen LogP) is 2.91. The number of rotatable bonds is 1. The first-order valence-electron chi connectivity index (χ1n) is 5.12. The van der Waals surface area contributed by atoms with Gasteiger partial charge in [-0.2, -0.15) is 0 Å². The van der Waals surface area contributed by atoms with Crippen LogP contribution in [0.25, 0.3) is 11.1 Å². The van der Waals surface area contributed by atoms with Crippen LogP contribution in [0.1, 0.15) is 24.8 Å². The van der Waals surface area contributed by atoms with Gasteiger partial charge in [0.1, 0.15) is 5.52 Å². The smallest absolute Gasteiger partial charge is 0.212 e. The first-order valence-corrected chi connectivity index (χ1v) is 5.50. The fraction of sp³-hybridized carbons (Fsp3) is 0.364. The van der Waals surface area contributed by atoms with Gasteiger partial charge in [-0.05, 0) is 37.6 Å². The van der Waals surface area contributed by atoms with Crippen LogP contribution in [0.15, 0.2) is 22.6 Å². The Hall–Kier alpha value is -1.06. The number of nitrogens with one attached hydrogen (secondary N) is 1. The molecule has 1 aromatic heterocycles. The average Bonchev–Trinajstić information content (AvgIpc) is 2.84. The van der Waals surface area contributed by atoms with Gasteiger partial charge in [-0.1, -0.05) is 11.6 Å². The third-order valence-corrected chi connectivity index (χ3v) is 2.96. The lowest BCUT2D eigenvalue weighted by atomic mass is 10.2. The van der Waals surface area contributed by atoms with Crippen molar-refractivity contribution in [2.45, 2.75) is 18.9 Å². The van der Waals surface area contributed by atoms with Crippen LogP contribution in [-0.4, -0.2) is 11.5 Å². The van der Waals surface area contributed by atoms with Gasteiger partial charge in [0.2, 0.25) is 5.89 Å². The molecule has 1 N–H and O–H groups in total. The number of hydrogen-bond donors (Lipinski definition) is 1. The van der Waals surface area contributed by atoms with Gasteiger partial charge in [0.05, 0.1) is 6.04 Å². The van der Waals surface area contributed by atoms with Crippen molar-refractivity contribution in [2.75, 3.05) is 6.54 Å². The molecule has 1 saturated heterocycles. The van der Waals surface area contributed by atoms with Crippen molar-refractivity contribution in [3.05, 3.63) is 29.1 Å². The van der Waals surface area contributed by atoms with Crippen molar-refractivity contribution in [3.8, 4) is 0 Å². The maximum Gasteiger partial charge on any atom is 0.212 e. The van der Waals surface area contributed by atoms with E-state index in [4.69, 9.17) is 16.0 Å². The molecular formula is C11H11ClN2O. The minimum Gasteiger partial charge on any atom is -0.439 e. The molecule has 78 valence electrons. The van der Waals surface area contributed by atoms with E-state index >= 15 is 0 Å². The standard InChI is InChI=1S/C11H11ClN2O/c12-7-3-4-10-9(6-7)14-11(15-10)8-2-1-5-13-8/h3-4,6,8,13H,1-2,5H2/t8-/m0/s1. The van der Waals surface area contributed by atoms with E-state index in [1.54, 1.807) is 0 Å². The molecule has 2 heterocycles. The second-order valence-corrected chi connectivity index (χ2v) is 4.25. The summed E-state index contributed by atoms with van der Waals surface area (Å²) in [5.41, 5.74) is 1.65. The van der Waals surface area contributed by atoms with Crippen molar-refractivity contribution in [2.24, 2.45) is 0 Å². The lowest BCUT2D eigenvalue weighted by Gasteiger charge is -2.02. The van der Waals surface area contributed by atoms with Gasteiger partial charge in [-0.15, -0.1) is 0 Å². The Bertz CT molecular complexity index is 488. The highest BCUT2D eigenvalue weighted by Crippen LogP contribution is 2.27. The van der Waals surface area contributed by atoms with E-state index in [2.05, 4.69) is 10.3 Å². The molecule has 0 amide bonds. The minimum atomic E-state index is 0.274. The van der Waals surface area contributed by atoms with Crippen molar-refractivity contribution >= 4 is 22.7 Å². The number of hydrogen-bond acceptors (Lipinski definition) is 3. The van der Waals surface area contributed by atoms with E-state index in [9.17, 15) is 0 Å². The van der Waals surface area contributed by atoms with Gasteiger partial charge >= 0.3 is 0 Å². The number of benzene rings is 1. The lowest BCUT2D eigenvalue weighted by molar-refractivity contribution is 0.452. The zero-order valence-corrected chi connectivity index (χ0v) is 8.92. The van der Waals surface area contributed by atoms with Gasteiger partial charge < -0.3 is 9.73 Å². The SMILES string of the molecule is Clc1ccc2oc([C@@H]3CCCN3)nc2c1. The molecule has 0 saturated carbocycles. The molecule has 1 aliphatic rings. The molecule has 3 nitrogen and oxygen atoms in total. The summed E-state index contributed by atoms with van der Waals surface area (Å²) in [6.07, 6.45) is 2.28. The van der Waals surface area contributed by atoms with Gasteiger partial charge in [0.25, 0.3) is 0 Å². The summed E-state index contributed by atoms with van der Waals surface area (Å²) >= 11 is 5.89. The third-order valence-electron chi connectivity index (χ3n) is 2.72. The molecule has 0 spiro atoms. The summed E-state index contributed by atoms with van der Waals surface area (Å²) in [6, 6.07) is 5.79.